The minimum atomic E-state index is 0.446. The van der Waals surface area contributed by atoms with Crippen LogP contribution in [0.4, 0.5) is 0 Å². The molecule has 0 radical (unpaired) electrons. The average molecular weight is 209 g/mol. The SMILES string of the molecule is C=CC(C)N1CCCC[C@H]1CC(C)(C)C. The quantitative estimate of drug-likeness (QED) is 0.638. The fourth-order valence-corrected chi connectivity index (χ4v) is 2.62. The molecule has 0 aliphatic carbocycles. The van der Waals surface area contributed by atoms with Crippen molar-refractivity contribution in [1.82, 2.24) is 4.90 Å². The molecule has 0 amide bonds. The van der Waals surface area contributed by atoms with Crippen LogP contribution in [0.1, 0.15) is 53.4 Å². The molecule has 0 spiro atoms. The lowest BCUT2D eigenvalue weighted by molar-refractivity contribution is 0.0910. The van der Waals surface area contributed by atoms with Gasteiger partial charge in [-0.3, -0.25) is 4.90 Å². The summed E-state index contributed by atoms with van der Waals surface area (Å²) in [5.74, 6) is 0. The van der Waals surface area contributed by atoms with E-state index in [1.807, 2.05) is 0 Å². The van der Waals surface area contributed by atoms with Crippen molar-refractivity contribution >= 4 is 0 Å². The smallest absolute Gasteiger partial charge is 0.0250 e. The van der Waals surface area contributed by atoms with E-state index in [2.05, 4.69) is 45.2 Å². The Bertz CT molecular complexity index is 202. The molecule has 1 rings (SSSR count). The van der Waals surface area contributed by atoms with Crippen molar-refractivity contribution in [3.63, 3.8) is 0 Å². The zero-order chi connectivity index (χ0) is 11.5. The number of nitrogens with zero attached hydrogens (tertiary/aromatic N) is 1. The summed E-state index contributed by atoms with van der Waals surface area (Å²) >= 11 is 0. The first-order chi connectivity index (χ1) is 6.94. The van der Waals surface area contributed by atoms with E-state index in [9.17, 15) is 0 Å². The molecule has 1 heteroatoms. The normalized spacial score (nSPS) is 26.3. The molecule has 0 aromatic heterocycles. The van der Waals surface area contributed by atoms with Crippen LogP contribution < -0.4 is 0 Å². The lowest BCUT2D eigenvalue weighted by atomic mass is 9.83. The second kappa shape index (κ2) is 5.16. The molecule has 1 fully saturated rings. The lowest BCUT2D eigenvalue weighted by Gasteiger charge is -2.41. The average Bonchev–Trinajstić information content (AvgIpc) is 2.15. The van der Waals surface area contributed by atoms with E-state index in [1.165, 1.54) is 32.2 Å². The third kappa shape index (κ3) is 3.98. The Kier molecular flexibility index (Phi) is 4.39. The zero-order valence-corrected chi connectivity index (χ0v) is 10.9. The summed E-state index contributed by atoms with van der Waals surface area (Å²) in [6.07, 6.45) is 7.53. The molecular weight excluding hydrogens is 182 g/mol. The van der Waals surface area contributed by atoms with Crippen LogP contribution in [0.2, 0.25) is 0 Å². The minimum Gasteiger partial charge on any atom is -0.294 e. The molecule has 1 aliphatic heterocycles. The Morgan fingerprint density at radius 3 is 2.60 bits per heavy atom. The predicted molar refractivity (Wildman–Crippen MR) is 68.1 cm³/mol. The van der Waals surface area contributed by atoms with Gasteiger partial charge in [0.25, 0.3) is 0 Å². The van der Waals surface area contributed by atoms with Crippen molar-refractivity contribution in [2.75, 3.05) is 6.54 Å². The standard InChI is InChI=1S/C14H27N/c1-6-12(2)15-10-8-7-9-13(15)11-14(3,4)5/h6,12-13H,1,7-11H2,2-5H3/t12?,13-/m0/s1. The first kappa shape index (κ1) is 12.8. The maximum Gasteiger partial charge on any atom is 0.0250 e. The van der Waals surface area contributed by atoms with E-state index >= 15 is 0 Å². The summed E-state index contributed by atoms with van der Waals surface area (Å²) < 4.78 is 0. The van der Waals surface area contributed by atoms with Gasteiger partial charge in [0, 0.05) is 12.1 Å². The first-order valence-electron chi connectivity index (χ1n) is 6.32. The van der Waals surface area contributed by atoms with Crippen molar-refractivity contribution in [2.45, 2.75) is 65.5 Å². The van der Waals surface area contributed by atoms with Gasteiger partial charge in [-0.2, -0.15) is 0 Å². The van der Waals surface area contributed by atoms with Gasteiger partial charge in [0.1, 0.15) is 0 Å². The second-order valence-electron chi connectivity index (χ2n) is 6.13. The van der Waals surface area contributed by atoms with Crippen LogP contribution in [0.25, 0.3) is 0 Å². The van der Waals surface area contributed by atoms with Gasteiger partial charge in [0.15, 0.2) is 0 Å². The van der Waals surface area contributed by atoms with E-state index in [0.717, 1.165) is 6.04 Å². The van der Waals surface area contributed by atoms with Crippen molar-refractivity contribution in [2.24, 2.45) is 5.41 Å². The highest BCUT2D eigenvalue weighted by Crippen LogP contribution is 2.30. The highest BCUT2D eigenvalue weighted by atomic mass is 15.2. The van der Waals surface area contributed by atoms with E-state index in [-0.39, 0.29) is 0 Å². The number of hydrogen-bond donors (Lipinski definition) is 0. The molecule has 1 nitrogen and oxygen atoms in total. The molecular formula is C14H27N. The number of piperidine rings is 1. The van der Waals surface area contributed by atoms with Crippen LogP contribution in [0.15, 0.2) is 12.7 Å². The number of hydrogen-bond acceptors (Lipinski definition) is 1. The summed E-state index contributed by atoms with van der Waals surface area (Å²) in [7, 11) is 0. The molecule has 0 N–H and O–H groups in total. The molecule has 1 heterocycles. The summed E-state index contributed by atoms with van der Waals surface area (Å²) in [6.45, 7) is 14.5. The molecule has 0 aromatic rings. The van der Waals surface area contributed by atoms with Gasteiger partial charge in [0.2, 0.25) is 0 Å². The molecule has 0 saturated carbocycles. The van der Waals surface area contributed by atoms with Crippen LogP contribution in [0.5, 0.6) is 0 Å². The van der Waals surface area contributed by atoms with E-state index < -0.39 is 0 Å². The summed E-state index contributed by atoms with van der Waals surface area (Å²) in [4.78, 5) is 2.64. The zero-order valence-electron chi connectivity index (χ0n) is 10.9. The van der Waals surface area contributed by atoms with Gasteiger partial charge in [-0.05, 0) is 38.1 Å². The number of rotatable bonds is 3. The van der Waals surface area contributed by atoms with E-state index in [4.69, 9.17) is 0 Å². The third-order valence-electron chi connectivity index (χ3n) is 3.38. The van der Waals surface area contributed by atoms with Gasteiger partial charge >= 0.3 is 0 Å². The second-order valence-corrected chi connectivity index (χ2v) is 6.13. The molecule has 2 atom stereocenters. The van der Waals surface area contributed by atoms with Crippen molar-refractivity contribution < 1.29 is 0 Å². The molecule has 1 saturated heterocycles. The van der Waals surface area contributed by atoms with Crippen LogP contribution in [-0.2, 0) is 0 Å². The van der Waals surface area contributed by atoms with Crippen LogP contribution >= 0.6 is 0 Å². The highest BCUT2D eigenvalue weighted by molar-refractivity contribution is 4.91. The van der Waals surface area contributed by atoms with Gasteiger partial charge in [-0.15, -0.1) is 6.58 Å². The van der Waals surface area contributed by atoms with Crippen molar-refractivity contribution in [3.8, 4) is 0 Å². The number of likely N-dealkylation sites (tertiary alicyclic amines) is 1. The first-order valence-corrected chi connectivity index (χ1v) is 6.32. The van der Waals surface area contributed by atoms with Crippen molar-refractivity contribution in [3.05, 3.63) is 12.7 Å². The maximum atomic E-state index is 3.93. The van der Waals surface area contributed by atoms with Gasteiger partial charge in [-0.25, -0.2) is 0 Å². The predicted octanol–water partition coefficient (Wildman–Crippen LogP) is 3.85. The van der Waals surface area contributed by atoms with Gasteiger partial charge in [-0.1, -0.05) is 33.3 Å². The Hall–Kier alpha value is -0.300. The largest absolute Gasteiger partial charge is 0.294 e. The molecule has 0 bridgehead atoms. The third-order valence-corrected chi connectivity index (χ3v) is 3.38. The lowest BCUT2D eigenvalue weighted by Crippen LogP contribution is -2.45. The van der Waals surface area contributed by atoms with E-state index in [1.54, 1.807) is 0 Å². The Morgan fingerprint density at radius 2 is 2.07 bits per heavy atom. The van der Waals surface area contributed by atoms with Gasteiger partial charge in [0.05, 0.1) is 0 Å². The fraction of sp³-hybridized carbons (Fsp3) is 0.857. The topological polar surface area (TPSA) is 3.24 Å². The van der Waals surface area contributed by atoms with Crippen LogP contribution in [0, 0.1) is 5.41 Å². The molecule has 88 valence electrons. The Balaban J connectivity index is 2.61. The highest BCUT2D eigenvalue weighted by Gasteiger charge is 2.28. The summed E-state index contributed by atoms with van der Waals surface area (Å²) in [6, 6.07) is 1.31. The van der Waals surface area contributed by atoms with Crippen LogP contribution in [0.3, 0.4) is 0 Å². The summed E-state index contributed by atoms with van der Waals surface area (Å²) in [5, 5.41) is 0. The maximum absolute atomic E-state index is 3.93. The molecule has 15 heavy (non-hydrogen) atoms. The molecule has 0 aromatic carbocycles. The monoisotopic (exact) mass is 209 g/mol. The Morgan fingerprint density at radius 1 is 1.40 bits per heavy atom. The molecule has 1 aliphatic rings. The minimum absolute atomic E-state index is 0.446. The molecule has 1 unspecified atom stereocenters. The van der Waals surface area contributed by atoms with Crippen LogP contribution in [-0.4, -0.2) is 23.5 Å². The van der Waals surface area contributed by atoms with Crippen molar-refractivity contribution in [1.29, 1.82) is 0 Å². The summed E-state index contributed by atoms with van der Waals surface area (Å²) in [5.41, 5.74) is 0.446. The Labute approximate surface area is 95.5 Å². The van der Waals surface area contributed by atoms with E-state index in [0.29, 0.717) is 11.5 Å². The van der Waals surface area contributed by atoms with Gasteiger partial charge < -0.3 is 0 Å². The fourth-order valence-electron chi connectivity index (χ4n) is 2.62.